The second kappa shape index (κ2) is 4.87. The van der Waals surface area contributed by atoms with Gasteiger partial charge in [0.2, 0.25) is 11.8 Å². The number of nitrogens with zero attached hydrogens (tertiary/aromatic N) is 1. The van der Waals surface area contributed by atoms with Crippen LogP contribution in [0.2, 0.25) is 0 Å². The number of thiophene rings is 1. The molecule has 1 fully saturated rings. The van der Waals surface area contributed by atoms with Crippen molar-refractivity contribution >= 4 is 23.2 Å². The molecule has 5 heteroatoms. The van der Waals surface area contributed by atoms with Crippen molar-refractivity contribution in [3.05, 3.63) is 21.9 Å². The Bertz CT molecular complexity index is 441. The van der Waals surface area contributed by atoms with Crippen LogP contribution in [0.25, 0.3) is 0 Å². The maximum atomic E-state index is 11.9. The molecule has 1 aromatic rings. The van der Waals surface area contributed by atoms with E-state index in [-0.39, 0.29) is 24.4 Å². The molecule has 1 aliphatic heterocycles. The normalized spacial score (nSPS) is 18.8. The smallest absolute Gasteiger partial charge is 0.242 e. The average molecular weight is 252 g/mol. The maximum Gasteiger partial charge on any atom is 0.242 e. The molecule has 2 rings (SSSR count). The average Bonchev–Trinajstić information content (AvgIpc) is 2.65. The monoisotopic (exact) mass is 252 g/mol. The minimum Gasteiger partial charge on any atom is -0.347 e. The van der Waals surface area contributed by atoms with E-state index < -0.39 is 0 Å². The van der Waals surface area contributed by atoms with Gasteiger partial charge in [0.1, 0.15) is 0 Å². The predicted molar refractivity (Wildman–Crippen MR) is 66.8 cm³/mol. The number of hydrogen-bond acceptors (Lipinski definition) is 3. The highest BCUT2D eigenvalue weighted by molar-refractivity contribution is 7.12. The van der Waals surface area contributed by atoms with Crippen LogP contribution in [0.4, 0.5) is 0 Å². The van der Waals surface area contributed by atoms with E-state index in [0.29, 0.717) is 13.0 Å². The molecule has 1 atom stereocenters. The van der Waals surface area contributed by atoms with Crippen molar-refractivity contribution in [2.24, 2.45) is 0 Å². The van der Waals surface area contributed by atoms with Crippen LogP contribution in [0, 0.1) is 6.92 Å². The van der Waals surface area contributed by atoms with Gasteiger partial charge in [0, 0.05) is 22.7 Å². The lowest BCUT2D eigenvalue weighted by Gasteiger charge is -2.26. The third kappa shape index (κ3) is 2.66. The van der Waals surface area contributed by atoms with Crippen LogP contribution in [-0.2, 0) is 9.59 Å². The van der Waals surface area contributed by atoms with Gasteiger partial charge in [-0.1, -0.05) is 0 Å². The third-order valence-electron chi connectivity index (χ3n) is 2.98. The maximum absolute atomic E-state index is 11.9. The summed E-state index contributed by atoms with van der Waals surface area (Å²) < 4.78 is 0. The number of rotatable bonds is 2. The first kappa shape index (κ1) is 12.1. The van der Waals surface area contributed by atoms with Gasteiger partial charge in [-0.3, -0.25) is 9.59 Å². The first-order valence-corrected chi connectivity index (χ1v) is 6.52. The van der Waals surface area contributed by atoms with Crippen LogP contribution in [0.3, 0.4) is 0 Å². The van der Waals surface area contributed by atoms with E-state index in [0.717, 1.165) is 0 Å². The van der Waals surface area contributed by atoms with Crippen LogP contribution in [0.15, 0.2) is 12.1 Å². The van der Waals surface area contributed by atoms with Gasteiger partial charge in [-0.25, -0.2) is 0 Å². The van der Waals surface area contributed by atoms with Gasteiger partial charge in [-0.05, 0) is 26.0 Å². The molecule has 1 N–H and O–H groups in total. The van der Waals surface area contributed by atoms with Crippen LogP contribution in [0.1, 0.15) is 29.1 Å². The summed E-state index contributed by atoms with van der Waals surface area (Å²) in [5.41, 5.74) is 0. The summed E-state index contributed by atoms with van der Waals surface area (Å²) in [6.45, 7) is 4.69. The highest BCUT2D eigenvalue weighted by Gasteiger charge is 2.25. The Morgan fingerprint density at radius 1 is 1.41 bits per heavy atom. The zero-order valence-electron chi connectivity index (χ0n) is 10.0. The van der Waals surface area contributed by atoms with Gasteiger partial charge in [-0.2, -0.15) is 0 Å². The highest BCUT2D eigenvalue weighted by Crippen LogP contribution is 2.27. The van der Waals surface area contributed by atoms with Crippen molar-refractivity contribution in [3.63, 3.8) is 0 Å². The van der Waals surface area contributed by atoms with E-state index in [4.69, 9.17) is 0 Å². The molecule has 0 radical (unpaired) electrons. The minimum absolute atomic E-state index is 0.00518. The second-order valence-electron chi connectivity index (χ2n) is 4.24. The Morgan fingerprint density at radius 2 is 2.18 bits per heavy atom. The Hall–Kier alpha value is -1.36. The number of carbonyl (C=O) groups is 2. The lowest BCUT2D eigenvalue weighted by Crippen LogP contribution is -2.36. The van der Waals surface area contributed by atoms with Gasteiger partial charge in [0.05, 0.1) is 12.6 Å². The molecule has 17 heavy (non-hydrogen) atoms. The SMILES string of the molecule is Cc1ccc(C(C)N2CCC(=O)NCC2=O)s1. The Morgan fingerprint density at radius 3 is 2.82 bits per heavy atom. The van der Waals surface area contributed by atoms with E-state index in [2.05, 4.69) is 24.4 Å². The summed E-state index contributed by atoms with van der Waals surface area (Å²) in [5.74, 6) is -0.0511. The summed E-state index contributed by atoms with van der Waals surface area (Å²) in [5, 5.41) is 2.61. The van der Waals surface area contributed by atoms with Crippen molar-refractivity contribution < 1.29 is 9.59 Å². The van der Waals surface area contributed by atoms with E-state index in [1.54, 1.807) is 16.2 Å². The summed E-state index contributed by atoms with van der Waals surface area (Å²) in [6.07, 6.45) is 0.389. The molecule has 1 aliphatic rings. The lowest BCUT2D eigenvalue weighted by atomic mass is 10.2. The largest absolute Gasteiger partial charge is 0.347 e. The molecule has 0 aliphatic carbocycles. The van der Waals surface area contributed by atoms with Crippen molar-refractivity contribution in [2.75, 3.05) is 13.1 Å². The fraction of sp³-hybridized carbons (Fsp3) is 0.500. The molecule has 0 spiro atoms. The van der Waals surface area contributed by atoms with Crippen LogP contribution in [0.5, 0.6) is 0 Å². The van der Waals surface area contributed by atoms with Crippen molar-refractivity contribution in [2.45, 2.75) is 26.3 Å². The van der Waals surface area contributed by atoms with Crippen LogP contribution < -0.4 is 5.32 Å². The number of amides is 2. The summed E-state index contributed by atoms with van der Waals surface area (Å²) in [6, 6.07) is 4.16. The fourth-order valence-corrected chi connectivity index (χ4v) is 2.89. The molecule has 1 unspecified atom stereocenters. The predicted octanol–water partition coefficient (Wildman–Crippen LogP) is 1.47. The van der Waals surface area contributed by atoms with E-state index >= 15 is 0 Å². The fourth-order valence-electron chi connectivity index (χ4n) is 1.95. The first-order chi connectivity index (χ1) is 8.08. The van der Waals surface area contributed by atoms with E-state index in [9.17, 15) is 9.59 Å². The Labute approximate surface area is 105 Å². The molecule has 1 saturated heterocycles. The Kier molecular flexibility index (Phi) is 3.47. The minimum atomic E-state index is -0.0459. The van der Waals surface area contributed by atoms with E-state index in [1.807, 2.05) is 6.92 Å². The summed E-state index contributed by atoms with van der Waals surface area (Å²) >= 11 is 1.70. The Balaban J connectivity index is 2.15. The highest BCUT2D eigenvalue weighted by atomic mass is 32.1. The molecular weight excluding hydrogens is 236 g/mol. The number of carbonyl (C=O) groups excluding carboxylic acids is 2. The molecular formula is C12H16N2O2S. The van der Waals surface area contributed by atoms with Gasteiger partial charge >= 0.3 is 0 Å². The zero-order chi connectivity index (χ0) is 12.4. The third-order valence-corrected chi connectivity index (χ3v) is 4.15. The number of hydrogen-bond donors (Lipinski definition) is 1. The standard InChI is InChI=1S/C12H16N2O2S/c1-8-3-4-10(17-8)9(2)14-6-5-11(15)13-7-12(14)16/h3-4,9H,5-7H2,1-2H3,(H,13,15). The zero-order valence-corrected chi connectivity index (χ0v) is 10.8. The second-order valence-corrected chi connectivity index (χ2v) is 5.56. The first-order valence-electron chi connectivity index (χ1n) is 5.70. The molecule has 92 valence electrons. The van der Waals surface area contributed by atoms with Gasteiger partial charge in [0.15, 0.2) is 0 Å². The summed E-state index contributed by atoms with van der Waals surface area (Å²) in [7, 11) is 0. The van der Waals surface area contributed by atoms with Gasteiger partial charge in [-0.15, -0.1) is 11.3 Å². The molecule has 0 saturated carbocycles. The topological polar surface area (TPSA) is 49.4 Å². The van der Waals surface area contributed by atoms with Gasteiger partial charge < -0.3 is 10.2 Å². The number of aryl methyl sites for hydroxylation is 1. The lowest BCUT2D eigenvalue weighted by molar-refractivity contribution is -0.131. The van der Waals surface area contributed by atoms with Crippen LogP contribution >= 0.6 is 11.3 Å². The van der Waals surface area contributed by atoms with Crippen LogP contribution in [-0.4, -0.2) is 29.8 Å². The van der Waals surface area contributed by atoms with Crippen molar-refractivity contribution in [3.8, 4) is 0 Å². The van der Waals surface area contributed by atoms with Gasteiger partial charge in [0.25, 0.3) is 0 Å². The molecule has 2 amide bonds. The molecule has 2 heterocycles. The quantitative estimate of drug-likeness (QED) is 0.866. The molecule has 0 aromatic carbocycles. The molecule has 4 nitrogen and oxygen atoms in total. The molecule has 1 aromatic heterocycles. The van der Waals surface area contributed by atoms with Crippen molar-refractivity contribution in [1.29, 1.82) is 0 Å². The summed E-state index contributed by atoms with van der Waals surface area (Å²) in [4.78, 5) is 27.3. The van der Waals surface area contributed by atoms with E-state index in [1.165, 1.54) is 9.75 Å². The number of nitrogens with one attached hydrogen (secondary N) is 1. The molecule has 0 bridgehead atoms. The van der Waals surface area contributed by atoms with Crippen molar-refractivity contribution in [1.82, 2.24) is 10.2 Å².